The molecule has 0 aromatic heterocycles. The number of nitrogens with zero attached hydrogens (tertiary/aromatic N) is 1. The molecule has 0 bridgehead atoms. The number of hydrogen-bond acceptors (Lipinski definition) is 2. The summed E-state index contributed by atoms with van der Waals surface area (Å²) in [5, 5.41) is 3.62. The van der Waals surface area contributed by atoms with Gasteiger partial charge >= 0.3 is 0 Å². The highest BCUT2D eigenvalue weighted by Gasteiger charge is 2.15. The summed E-state index contributed by atoms with van der Waals surface area (Å²) in [6.45, 7) is 15.3. The SMILES string of the molecule is CCNC(CN(CC)CC)c1ccc(C)cc1C. The smallest absolute Gasteiger partial charge is 0.0451 e. The standard InChI is InChI=1S/C16H28N2/c1-6-17-16(12-18(7-2)8-3)15-10-9-13(4)11-14(15)5/h9-11,16-17H,6-8,12H2,1-5H3. The summed E-state index contributed by atoms with van der Waals surface area (Å²) in [5.74, 6) is 0. The predicted octanol–water partition coefficient (Wildman–Crippen LogP) is 3.30. The molecule has 0 spiro atoms. The molecule has 1 unspecified atom stereocenters. The second-order valence-electron chi connectivity index (χ2n) is 4.96. The molecule has 0 saturated carbocycles. The molecule has 0 saturated heterocycles. The molecule has 0 aliphatic heterocycles. The molecule has 1 aromatic rings. The van der Waals surface area contributed by atoms with Gasteiger partial charge in [0.25, 0.3) is 0 Å². The second-order valence-corrected chi connectivity index (χ2v) is 4.96. The minimum atomic E-state index is 0.440. The zero-order chi connectivity index (χ0) is 13.5. The summed E-state index contributed by atoms with van der Waals surface area (Å²) in [5.41, 5.74) is 4.18. The third-order valence-corrected chi connectivity index (χ3v) is 3.59. The van der Waals surface area contributed by atoms with Crippen molar-refractivity contribution in [3.63, 3.8) is 0 Å². The first kappa shape index (κ1) is 15.2. The molecule has 1 aromatic carbocycles. The Morgan fingerprint density at radius 2 is 1.78 bits per heavy atom. The average Bonchev–Trinajstić information content (AvgIpc) is 2.35. The van der Waals surface area contributed by atoms with Crippen LogP contribution in [0.2, 0.25) is 0 Å². The third-order valence-electron chi connectivity index (χ3n) is 3.59. The van der Waals surface area contributed by atoms with E-state index in [0.29, 0.717) is 6.04 Å². The van der Waals surface area contributed by atoms with E-state index in [1.165, 1.54) is 16.7 Å². The summed E-state index contributed by atoms with van der Waals surface area (Å²) < 4.78 is 0. The van der Waals surface area contributed by atoms with Gasteiger partial charge in [-0.25, -0.2) is 0 Å². The van der Waals surface area contributed by atoms with Crippen LogP contribution >= 0.6 is 0 Å². The van der Waals surface area contributed by atoms with E-state index in [4.69, 9.17) is 0 Å². The first-order valence-corrected chi connectivity index (χ1v) is 7.15. The Hall–Kier alpha value is -0.860. The van der Waals surface area contributed by atoms with E-state index in [0.717, 1.165) is 26.2 Å². The minimum Gasteiger partial charge on any atom is -0.309 e. The number of likely N-dealkylation sites (N-methyl/N-ethyl adjacent to an activating group) is 2. The summed E-state index contributed by atoms with van der Waals surface area (Å²) in [7, 11) is 0. The minimum absolute atomic E-state index is 0.440. The van der Waals surface area contributed by atoms with Crippen molar-refractivity contribution in [2.75, 3.05) is 26.2 Å². The Morgan fingerprint density at radius 3 is 2.28 bits per heavy atom. The molecule has 0 fully saturated rings. The van der Waals surface area contributed by atoms with Gasteiger partial charge in [-0.05, 0) is 44.6 Å². The maximum absolute atomic E-state index is 3.62. The fraction of sp³-hybridized carbons (Fsp3) is 0.625. The molecule has 1 atom stereocenters. The molecule has 1 N–H and O–H groups in total. The zero-order valence-corrected chi connectivity index (χ0v) is 12.6. The van der Waals surface area contributed by atoms with Crippen LogP contribution in [0.4, 0.5) is 0 Å². The highest BCUT2D eigenvalue weighted by atomic mass is 15.1. The van der Waals surface area contributed by atoms with Crippen molar-refractivity contribution in [2.24, 2.45) is 0 Å². The maximum atomic E-state index is 3.62. The summed E-state index contributed by atoms with van der Waals surface area (Å²) in [4.78, 5) is 2.48. The van der Waals surface area contributed by atoms with Crippen molar-refractivity contribution in [1.29, 1.82) is 0 Å². The topological polar surface area (TPSA) is 15.3 Å². The number of rotatable bonds is 7. The van der Waals surface area contributed by atoms with Crippen molar-refractivity contribution >= 4 is 0 Å². The fourth-order valence-corrected chi connectivity index (χ4v) is 2.48. The lowest BCUT2D eigenvalue weighted by Gasteiger charge is -2.27. The molecule has 1 rings (SSSR count). The summed E-state index contributed by atoms with van der Waals surface area (Å²) in [6, 6.07) is 7.22. The quantitative estimate of drug-likeness (QED) is 0.796. The van der Waals surface area contributed by atoms with Gasteiger partial charge in [-0.3, -0.25) is 0 Å². The average molecular weight is 248 g/mol. The van der Waals surface area contributed by atoms with Gasteiger partial charge in [0.15, 0.2) is 0 Å². The first-order chi connectivity index (χ1) is 8.62. The lowest BCUT2D eigenvalue weighted by atomic mass is 9.98. The van der Waals surface area contributed by atoms with Crippen molar-refractivity contribution in [2.45, 2.75) is 40.7 Å². The van der Waals surface area contributed by atoms with Crippen LogP contribution in [-0.4, -0.2) is 31.1 Å². The Morgan fingerprint density at radius 1 is 1.11 bits per heavy atom. The fourth-order valence-electron chi connectivity index (χ4n) is 2.48. The Labute approximate surface area is 112 Å². The maximum Gasteiger partial charge on any atom is 0.0451 e. The van der Waals surface area contributed by atoms with Crippen LogP contribution in [0.1, 0.15) is 43.5 Å². The van der Waals surface area contributed by atoms with Crippen molar-refractivity contribution in [3.05, 3.63) is 34.9 Å². The van der Waals surface area contributed by atoms with Crippen LogP contribution in [0.5, 0.6) is 0 Å². The summed E-state index contributed by atoms with van der Waals surface area (Å²) in [6.07, 6.45) is 0. The number of nitrogens with one attached hydrogen (secondary N) is 1. The highest BCUT2D eigenvalue weighted by Crippen LogP contribution is 2.20. The first-order valence-electron chi connectivity index (χ1n) is 7.15. The van der Waals surface area contributed by atoms with E-state index < -0.39 is 0 Å². The van der Waals surface area contributed by atoms with Gasteiger partial charge in [0, 0.05) is 12.6 Å². The molecule has 0 aliphatic carbocycles. The van der Waals surface area contributed by atoms with E-state index in [1.54, 1.807) is 0 Å². The third kappa shape index (κ3) is 4.11. The van der Waals surface area contributed by atoms with Gasteiger partial charge in [0.05, 0.1) is 0 Å². The molecule has 0 heterocycles. The van der Waals surface area contributed by atoms with E-state index in [9.17, 15) is 0 Å². The zero-order valence-electron chi connectivity index (χ0n) is 12.6. The Kier molecular flexibility index (Phi) is 6.37. The van der Waals surface area contributed by atoms with Crippen molar-refractivity contribution < 1.29 is 0 Å². The number of benzene rings is 1. The van der Waals surface area contributed by atoms with E-state index in [-0.39, 0.29) is 0 Å². The monoisotopic (exact) mass is 248 g/mol. The molecule has 102 valence electrons. The summed E-state index contributed by atoms with van der Waals surface area (Å²) >= 11 is 0. The Balaban J connectivity index is 2.89. The Bertz CT molecular complexity index is 356. The van der Waals surface area contributed by atoms with Crippen molar-refractivity contribution in [1.82, 2.24) is 10.2 Å². The van der Waals surface area contributed by atoms with E-state index in [1.807, 2.05) is 0 Å². The van der Waals surface area contributed by atoms with Gasteiger partial charge < -0.3 is 10.2 Å². The van der Waals surface area contributed by atoms with Crippen LogP contribution in [0.25, 0.3) is 0 Å². The van der Waals surface area contributed by atoms with Gasteiger partial charge in [0.1, 0.15) is 0 Å². The van der Waals surface area contributed by atoms with E-state index in [2.05, 4.69) is 63.0 Å². The lowest BCUT2D eigenvalue weighted by molar-refractivity contribution is 0.267. The predicted molar refractivity (Wildman–Crippen MR) is 80.1 cm³/mol. The second kappa shape index (κ2) is 7.55. The van der Waals surface area contributed by atoms with Crippen LogP contribution in [-0.2, 0) is 0 Å². The molecule has 2 nitrogen and oxygen atoms in total. The highest BCUT2D eigenvalue weighted by molar-refractivity contribution is 5.33. The largest absolute Gasteiger partial charge is 0.309 e. The molecule has 0 aliphatic rings. The van der Waals surface area contributed by atoms with Crippen molar-refractivity contribution in [3.8, 4) is 0 Å². The molecular weight excluding hydrogens is 220 g/mol. The van der Waals surface area contributed by atoms with Crippen LogP contribution in [0, 0.1) is 13.8 Å². The van der Waals surface area contributed by atoms with Crippen LogP contribution in [0.15, 0.2) is 18.2 Å². The van der Waals surface area contributed by atoms with Gasteiger partial charge in [0.2, 0.25) is 0 Å². The molecule has 0 radical (unpaired) electrons. The molecule has 0 amide bonds. The lowest BCUT2D eigenvalue weighted by Crippen LogP contribution is -2.35. The number of hydrogen-bond donors (Lipinski definition) is 1. The van der Waals surface area contributed by atoms with Gasteiger partial charge in [-0.15, -0.1) is 0 Å². The van der Waals surface area contributed by atoms with Crippen LogP contribution in [0.3, 0.4) is 0 Å². The van der Waals surface area contributed by atoms with Gasteiger partial charge in [-0.1, -0.05) is 44.5 Å². The van der Waals surface area contributed by atoms with E-state index >= 15 is 0 Å². The number of aryl methyl sites for hydroxylation is 2. The van der Waals surface area contributed by atoms with Gasteiger partial charge in [-0.2, -0.15) is 0 Å². The van der Waals surface area contributed by atoms with Crippen LogP contribution < -0.4 is 5.32 Å². The normalized spacial score (nSPS) is 13.0. The molecular formula is C16H28N2. The molecule has 2 heteroatoms. The molecule has 18 heavy (non-hydrogen) atoms.